The fraction of sp³-hybridized carbons (Fsp3) is 0.588. The monoisotopic (exact) mass is 289 g/mol. The number of hydrogen-bond donors (Lipinski definition) is 1. The van der Waals surface area contributed by atoms with Crippen molar-refractivity contribution in [3.05, 3.63) is 24.3 Å². The molecular formula is C17H23NO3. The van der Waals surface area contributed by atoms with Gasteiger partial charge in [-0.2, -0.15) is 0 Å². The van der Waals surface area contributed by atoms with Crippen LogP contribution in [-0.4, -0.2) is 31.6 Å². The third kappa shape index (κ3) is 3.38. The zero-order valence-electron chi connectivity index (χ0n) is 12.5. The fourth-order valence-corrected chi connectivity index (χ4v) is 3.52. The number of carbonyl (C=O) groups excluding carboxylic acids is 1. The Bertz CT molecular complexity index is 491. The molecule has 2 atom stereocenters. The lowest BCUT2D eigenvalue weighted by atomic mass is 9.88. The van der Waals surface area contributed by atoms with Crippen LogP contribution in [0.15, 0.2) is 24.3 Å². The maximum absolute atomic E-state index is 12.3. The van der Waals surface area contributed by atoms with E-state index in [1.54, 1.807) is 7.11 Å². The minimum atomic E-state index is 0.227. The molecule has 0 spiro atoms. The van der Waals surface area contributed by atoms with Crippen LogP contribution in [0.2, 0.25) is 0 Å². The van der Waals surface area contributed by atoms with Crippen LogP contribution in [0.1, 0.15) is 32.1 Å². The van der Waals surface area contributed by atoms with Gasteiger partial charge in [-0.1, -0.05) is 12.1 Å². The quantitative estimate of drug-likeness (QED) is 0.874. The van der Waals surface area contributed by atoms with Crippen molar-refractivity contribution >= 4 is 5.78 Å². The van der Waals surface area contributed by atoms with Gasteiger partial charge in [0.1, 0.15) is 5.78 Å². The molecule has 4 heteroatoms. The zero-order chi connectivity index (χ0) is 14.7. The third-order valence-electron chi connectivity index (χ3n) is 4.60. The Hall–Kier alpha value is -1.55. The first-order valence-electron chi connectivity index (χ1n) is 7.81. The highest BCUT2D eigenvalue weighted by molar-refractivity contribution is 5.81. The Morgan fingerprint density at radius 3 is 2.52 bits per heavy atom. The van der Waals surface area contributed by atoms with Gasteiger partial charge in [0.25, 0.3) is 0 Å². The van der Waals surface area contributed by atoms with Crippen molar-refractivity contribution in [3.8, 4) is 11.5 Å². The van der Waals surface area contributed by atoms with Crippen molar-refractivity contribution in [2.24, 2.45) is 5.92 Å². The number of benzene rings is 1. The average Bonchev–Trinajstić information content (AvgIpc) is 2.86. The highest BCUT2D eigenvalue weighted by Gasteiger charge is 2.36. The SMILES string of the molecule is COc1ccccc1OCCC(=O)C1CC2CCC(C1)N2. The summed E-state index contributed by atoms with van der Waals surface area (Å²) in [4.78, 5) is 12.3. The number of Topliss-reactive ketones (excluding diaryl/α,β-unsaturated/α-hetero) is 1. The van der Waals surface area contributed by atoms with E-state index in [2.05, 4.69) is 5.32 Å². The summed E-state index contributed by atoms with van der Waals surface area (Å²) in [5, 5.41) is 3.57. The molecule has 0 saturated carbocycles. The van der Waals surface area contributed by atoms with Crippen molar-refractivity contribution in [1.82, 2.24) is 5.32 Å². The molecule has 1 N–H and O–H groups in total. The maximum atomic E-state index is 12.3. The molecule has 2 bridgehead atoms. The van der Waals surface area contributed by atoms with E-state index >= 15 is 0 Å². The van der Waals surface area contributed by atoms with Crippen LogP contribution >= 0.6 is 0 Å². The van der Waals surface area contributed by atoms with Gasteiger partial charge in [0.2, 0.25) is 0 Å². The van der Waals surface area contributed by atoms with Gasteiger partial charge < -0.3 is 14.8 Å². The summed E-state index contributed by atoms with van der Waals surface area (Å²) < 4.78 is 10.9. The van der Waals surface area contributed by atoms with Gasteiger partial charge in [-0.3, -0.25) is 4.79 Å². The van der Waals surface area contributed by atoms with E-state index in [0.717, 1.165) is 12.8 Å². The van der Waals surface area contributed by atoms with E-state index in [4.69, 9.17) is 9.47 Å². The number of ketones is 1. The van der Waals surface area contributed by atoms with Gasteiger partial charge in [-0.15, -0.1) is 0 Å². The van der Waals surface area contributed by atoms with Gasteiger partial charge in [0.15, 0.2) is 11.5 Å². The van der Waals surface area contributed by atoms with Gasteiger partial charge in [0, 0.05) is 24.4 Å². The molecule has 0 amide bonds. The lowest BCUT2D eigenvalue weighted by molar-refractivity contribution is -0.124. The molecule has 2 aliphatic rings. The number of fused-ring (bicyclic) bond motifs is 2. The molecule has 114 valence electrons. The minimum Gasteiger partial charge on any atom is -0.493 e. The minimum absolute atomic E-state index is 0.227. The Morgan fingerprint density at radius 2 is 1.86 bits per heavy atom. The summed E-state index contributed by atoms with van der Waals surface area (Å²) >= 11 is 0. The molecular weight excluding hydrogens is 266 g/mol. The molecule has 3 rings (SSSR count). The standard InChI is InChI=1S/C17H23NO3/c1-20-16-4-2-3-5-17(16)21-9-8-15(19)12-10-13-6-7-14(11-12)18-13/h2-5,12-14,18H,6-11H2,1H3. The number of piperidine rings is 1. The molecule has 2 heterocycles. The molecule has 2 aliphatic heterocycles. The van der Waals surface area contributed by atoms with Crippen LogP contribution in [-0.2, 0) is 4.79 Å². The molecule has 4 nitrogen and oxygen atoms in total. The molecule has 0 aliphatic carbocycles. The second-order valence-corrected chi connectivity index (χ2v) is 6.02. The summed E-state index contributed by atoms with van der Waals surface area (Å²) in [6, 6.07) is 8.67. The summed E-state index contributed by atoms with van der Waals surface area (Å²) in [5.41, 5.74) is 0. The summed E-state index contributed by atoms with van der Waals surface area (Å²) in [6.07, 6.45) is 4.95. The number of ether oxygens (including phenoxy) is 2. The topological polar surface area (TPSA) is 47.6 Å². The Balaban J connectivity index is 1.48. The number of para-hydroxylation sites is 2. The van der Waals surface area contributed by atoms with Crippen molar-refractivity contribution in [1.29, 1.82) is 0 Å². The van der Waals surface area contributed by atoms with E-state index in [-0.39, 0.29) is 5.92 Å². The number of methoxy groups -OCH3 is 1. The molecule has 2 fully saturated rings. The van der Waals surface area contributed by atoms with Crippen LogP contribution in [0.5, 0.6) is 11.5 Å². The average molecular weight is 289 g/mol. The predicted molar refractivity (Wildman–Crippen MR) is 80.8 cm³/mol. The number of rotatable bonds is 6. The Morgan fingerprint density at radius 1 is 1.19 bits per heavy atom. The molecule has 2 unspecified atom stereocenters. The number of carbonyl (C=O) groups is 1. The second-order valence-electron chi connectivity index (χ2n) is 6.02. The molecule has 1 aromatic rings. The summed E-state index contributed by atoms with van der Waals surface area (Å²) in [7, 11) is 1.62. The van der Waals surface area contributed by atoms with Crippen molar-refractivity contribution in [2.45, 2.75) is 44.2 Å². The fourth-order valence-electron chi connectivity index (χ4n) is 3.52. The largest absolute Gasteiger partial charge is 0.493 e. The Labute approximate surface area is 125 Å². The molecule has 0 radical (unpaired) electrons. The van der Waals surface area contributed by atoms with Gasteiger partial charge >= 0.3 is 0 Å². The lowest BCUT2D eigenvalue weighted by Gasteiger charge is -2.28. The summed E-state index contributed by atoms with van der Waals surface area (Å²) in [5.74, 6) is 2.00. The van der Waals surface area contributed by atoms with E-state index in [1.165, 1.54) is 12.8 Å². The van der Waals surface area contributed by atoms with Crippen LogP contribution in [0, 0.1) is 5.92 Å². The normalized spacial score (nSPS) is 27.4. The molecule has 21 heavy (non-hydrogen) atoms. The van der Waals surface area contributed by atoms with Crippen LogP contribution < -0.4 is 14.8 Å². The van der Waals surface area contributed by atoms with Crippen LogP contribution in [0.25, 0.3) is 0 Å². The zero-order valence-corrected chi connectivity index (χ0v) is 12.5. The first-order valence-corrected chi connectivity index (χ1v) is 7.81. The lowest BCUT2D eigenvalue weighted by Crippen LogP contribution is -2.40. The third-order valence-corrected chi connectivity index (χ3v) is 4.60. The Kier molecular flexibility index (Phi) is 4.44. The number of nitrogens with one attached hydrogen (secondary N) is 1. The van der Waals surface area contributed by atoms with E-state index in [1.807, 2.05) is 24.3 Å². The predicted octanol–water partition coefficient (Wildman–Crippen LogP) is 2.56. The van der Waals surface area contributed by atoms with Gasteiger partial charge in [-0.25, -0.2) is 0 Å². The first kappa shape index (κ1) is 14.4. The van der Waals surface area contributed by atoms with Gasteiger partial charge in [-0.05, 0) is 37.8 Å². The molecule has 1 aromatic carbocycles. The van der Waals surface area contributed by atoms with E-state index in [9.17, 15) is 4.79 Å². The van der Waals surface area contributed by atoms with Crippen molar-refractivity contribution < 1.29 is 14.3 Å². The van der Waals surface area contributed by atoms with Crippen LogP contribution in [0.4, 0.5) is 0 Å². The van der Waals surface area contributed by atoms with Crippen molar-refractivity contribution in [3.63, 3.8) is 0 Å². The second kappa shape index (κ2) is 6.48. The van der Waals surface area contributed by atoms with E-state index in [0.29, 0.717) is 42.4 Å². The summed E-state index contributed by atoms with van der Waals surface area (Å²) in [6.45, 7) is 0.429. The van der Waals surface area contributed by atoms with E-state index < -0.39 is 0 Å². The van der Waals surface area contributed by atoms with Crippen molar-refractivity contribution in [2.75, 3.05) is 13.7 Å². The maximum Gasteiger partial charge on any atom is 0.161 e. The molecule has 2 saturated heterocycles. The first-order chi connectivity index (χ1) is 10.3. The number of hydrogen-bond acceptors (Lipinski definition) is 4. The van der Waals surface area contributed by atoms with Gasteiger partial charge in [0.05, 0.1) is 13.7 Å². The highest BCUT2D eigenvalue weighted by atomic mass is 16.5. The highest BCUT2D eigenvalue weighted by Crippen LogP contribution is 2.32. The smallest absolute Gasteiger partial charge is 0.161 e. The van der Waals surface area contributed by atoms with Crippen LogP contribution in [0.3, 0.4) is 0 Å². The molecule has 0 aromatic heterocycles.